The molecule has 0 rings (SSSR count). The Morgan fingerprint density at radius 2 is 2.06 bits per heavy atom. The van der Waals surface area contributed by atoms with E-state index >= 15 is 0 Å². The number of carbonyl (C=O) groups excluding carboxylic acids is 1. The summed E-state index contributed by atoms with van der Waals surface area (Å²) >= 11 is -2.35. The van der Waals surface area contributed by atoms with E-state index in [4.69, 9.17) is 8.74 Å². The third-order valence-electron chi connectivity index (χ3n) is 2.64. The lowest BCUT2D eigenvalue weighted by Crippen LogP contribution is -2.53. The van der Waals surface area contributed by atoms with Gasteiger partial charge in [0.2, 0.25) is 5.91 Å². The Bertz CT molecular complexity index is 315. The summed E-state index contributed by atoms with van der Waals surface area (Å²) in [5.41, 5.74) is -0.738. The van der Waals surface area contributed by atoms with Crippen molar-refractivity contribution < 1.29 is 17.7 Å². The van der Waals surface area contributed by atoms with Crippen molar-refractivity contribution >= 4 is 17.3 Å². The molecule has 2 atom stereocenters. The van der Waals surface area contributed by atoms with Crippen molar-refractivity contribution in [1.29, 1.82) is 0 Å². The van der Waals surface area contributed by atoms with Crippen molar-refractivity contribution in [2.45, 2.75) is 52.2 Å². The van der Waals surface area contributed by atoms with Gasteiger partial charge in [0.1, 0.15) is 0 Å². The molecule has 18 heavy (non-hydrogen) atoms. The molecule has 0 aliphatic heterocycles. The van der Waals surface area contributed by atoms with E-state index in [1.807, 2.05) is 0 Å². The van der Waals surface area contributed by atoms with Crippen molar-refractivity contribution in [2.24, 2.45) is 5.92 Å². The molecule has 0 radical (unpaired) electrons. The molecule has 0 heterocycles. The summed E-state index contributed by atoms with van der Waals surface area (Å²) in [4.78, 5) is 11.3. The largest absolute Gasteiger partial charge is 0.345 e. The molecule has 106 valence electrons. The van der Waals surface area contributed by atoms with Crippen molar-refractivity contribution in [2.75, 3.05) is 0 Å². The monoisotopic (exact) mass is 277 g/mol. The Labute approximate surface area is 111 Å². The lowest BCUT2D eigenvalue weighted by atomic mass is 9.91. The Morgan fingerprint density at radius 1 is 1.50 bits per heavy atom. The van der Waals surface area contributed by atoms with Gasteiger partial charge >= 0.3 is 11.4 Å². The molecule has 5 nitrogen and oxygen atoms in total. The van der Waals surface area contributed by atoms with E-state index in [-0.39, 0.29) is 5.91 Å². The molecule has 0 fully saturated rings. The summed E-state index contributed by atoms with van der Waals surface area (Å²) in [5, 5.41) is 2.71. The molecule has 0 aliphatic carbocycles. The summed E-state index contributed by atoms with van der Waals surface area (Å²) in [6, 6.07) is 0. The lowest BCUT2D eigenvalue weighted by molar-refractivity contribution is -0.119. The molecule has 0 saturated carbocycles. The highest BCUT2D eigenvalue weighted by Gasteiger charge is 2.33. The third-order valence-corrected chi connectivity index (χ3v) is 3.04. The van der Waals surface area contributed by atoms with Gasteiger partial charge in [-0.15, -0.1) is 0 Å². The lowest BCUT2D eigenvalue weighted by Gasteiger charge is -2.33. The normalized spacial score (nSPS) is 15.2. The summed E-state index contributed by atoms with van der Waals surface area (Å²) < 4.78 is 24.7. The molecule has 0 bridgehead atoms. The Hall–Kier alpha value is -0.720. The molecule has 0 aromatic heterocycles. The number of carbonyl (C=O) groups is 1. The molecule has 0 spiro atoms. The van der Waals surface area contributed by atoms with Crippen LogP contribution in [0.15, 0.2) is 12.7 Å². The molecule has 0 aromatic carbocycles. The second-order valence-electron chi connectivity index (χ2n) is 5.19. The van der Waals surface area contributed by atoms with Gasteiger partial charge in [0.25, 0.3) is 0 Å². The van der Waals surface area contributed by atoms with Gasteiger partial charge in [-0.1, -0.05) is 20.4 Å². The zero-order valence-electron chi connectivity index (χ0n) is 11.4. The van der Waals surface area contributed by atoms with Crippen LogP contribution in [-0.2, 0) is 20.3 Å². The highest BCUT2D eigenvalue weighted by atomic mass is 32.2. The average molecular weight is 277 g/mol. The van der Waals surface area contributed by atoms with E-state index in [2.05, 4.69) is 25.7 Å². The van der Waals surface area contributed by atoms with Gasteiger partial charge in [0.15, 0.2) is 0 Å². The topological polar surface area (TPSA) is 75.6 Å². The van der Waals surface area contributed by atoms with Gasteiger partial charge in [-0.05, 0) is 38.7 Å². The fraction of sp³-hybridized carbons (Fsp3) is 0.750. The maximum atomic E-state index is 11.3. The van der Waals surface area contributed by atoms with Gasteiger partial charge in [-0.3, -0.25) is 13.5 Å². The highest BCUT2D eigenvalue weighted by molar-refractivity contribution is 7.74. The van der Waals surface area contributed by atoms with Crippen LogP contribution in [0, 0.1) is 5.92 Å². The zero-order chi connectivity index (χ0) is 14.3. The smallest absolute Gasteiger partial charge is 0.302 e. The first kappa shape index (κ1) is 17.3. The van der Waals surface area contributed by atoms with Crippen LogP contribution in [0.2, 0.25) is 0 Å². The van der Waals surface area contributed by atoms with Gasteiger partial charge in [0.05, 0.1) is 11.6 Å². The van der Waals surface area contributed by atoms with Gasteiger partial charge in [0, 0.05) is 0 Å². The van der Waals surface area contributed by atoms with Gasteiger partial charge < -0.3 is 5.32 Å². The average Bonchev–Trinajstić information content (AvgIpc) is 2.22. The second kappa shape index (κ2) is 7.66. The van der Waals surface area contributed by atoms with Crippen molar-refractivity contribution in [1.82, 2.24) is 5.32 Å². The summed E-state index contributed by atoms with van der Waals surface area (Å²) in [5.74, 6) is 0.121. The van der Waals surface area contributed by atoms with E-state index in [1.165, 1.54) is 0 Å². The van der Waals surface area contributed by atoms with Gasteiger partial charge in [-0.2, -0.15) is 4.21 Å². The van der Waals surface area contributed by atoms with E-state index in [1.54, 1.807) is 13.8 Å². The van der Waals surface area contributed by atoms with Crippen LogP contribution in [0.5, 0.6) is 0 Å². The predicted molar refractivity (Wildman–Crippen MR) is 72.1 cm³/mol. The minimum Gasteiger partial charge on any atom is -0.345 e. The second-order valence-corrected chi connectivity index (χ2v) is 5.81. The van der Waals surface area contributed by atoms with Crippen LogP contribution in [0.4, 0.5) is 0 Å². The first-order chi connectivity index (χ1) is 8.19. The Morgan fingerprint density at radius 3 is 2.44 bits per heavy atom. The van der Waals surface area contributed by atoms with E-state index in [0.29, 0.717) is 12.3 Å². The number of hydrogen-bond donors (Lipinski definition) is 2. The molecular weight excluding hydrogens is 254 g/mol. The maximum Gasteiger partial charge on any atom is 0.302 e. The minimum atomic E-state index is -2.35. The van der Waals surface area contributed by atoms with Crippen molar-refractivity contribution in [3.63, 3.8) is 0 Å². The molecule has 1 amide bonds. The fourth-order valence-corrected chi connectivity index (χ4v) is 2.10. The Balaban J connectivity index is 4.73. The SMILES string of the molecule is C=CC(=O)NC(C)(C)C(CCC(C)C)OS(=O)O. The molecule has 0 aromatic rings. The number of rotatable bonds is 8. The maximum absolute atomic E-state index is 11.3. The van der Waals surface area contributed by atoms with E-state index in [0.717, 1.165) is 12.5 Å². The van der Waals surface area contributed by atoms with Crippen molar-refractivity contribution in [3.05, 3.63) is 12.7 Å². The van der Waals surface area contributed by atoms with Crippen LogP contribution >= 0.6 is 0 Å². The van der Waals surface area contributed by atoms with E-state index < -0.39 is 23.0 Å². The minimum absolute atomic E-state index is 0.332. The molecular formula is C12H23NO4S. The molecule has 0 saturated heterocycles. The summed E-state index contributed by atoms with van der Waals surface area (Å²) in [6.07, 6.45) is 2.07. The van der Waals surface area contributed by atoms with Crippen molar-refractivity contribution in [3.8, 4) is 0 Å². The highest BCUT2D eigenvalue weighted by Crippen LogP contribution is 2.21. The fourth-order valence-electron chi connectivity index (χ4n) is 1.56. The molecule has 6 heteroatoms. The van der Waals surface area contributed by atoms with Crippen LogP contribution in [0.3, 0.4) is 0 Å². The molecule has 0 aliphatic rings. The predicted octanol–water partition coefficient (Wildman–Crippen LogP) is 2.03. The Kier molecular flexibility index (Phi) is 7.35. The van der Waals surface area contributed by atoms with Gasteiger partial charge in [-0.25, -0.2) is 0 Å². The number of amides is 1. The first-order valence-corrected chi connectivity index (χ1v) is 6.94. The summed E-state index contributed by atoms with van der Waals surface area (Å²) in [6.45, 7) is 11.0. The number of hydrogen-bond acceptors (Lipinski definition) is 3. The zero-order valence-corrected chi connectivity index (χ0v) is 12.3. The van der Waals surface area contributed by atoms with Crippen LogP contribution in [0.25, 0.3) is 0 Å². The number of nitrogens with one attached hydrogen (secondary N) is 1. The van der Waals surface area contributed by atoms with Crippen LogP contribution in [0.1, 0.15) is 40.5 Å². The standard InChI is InChI=1S/C12H23NO4S/c1-6-11(14)13-12(4,5)10(17-18(15)16)8-7-9(2)3/h6,9-10H,1,7-8H2,2-5H3,(H,13,14)(H,15,16). The van der Waals surface area contributed by atoms with E-state index in [9.17, 15) is 9.00 Å². The van der Waals surface area contributed by atoms with Crippen LogP contribution in [-0.4, -0.2) is 26.3 Å². The molecule has 2 N–H and O–H groups in total. The molecule has 2 unspecified atom stereocenters. The summed E-state index contributed by atoms with van der Waals surface area (Å²) in [7, 11) is 0. The third kappa shape index (κ3) is 6.88. The first-order valence-electron chi connectivity index (χ1n) is 5.91. The van der Waals surface area contributed by atoms with Crippen LogP contribution < -0.4 is 5.32 Å². The quantitative estimate of drug-likeness (QED) is 0.526.